The van der Waals surface area contributed by atoms with Crippen LogP contribution in [0.5, 0.6) is 0 Å². The van der Waals surface area contributed by atoms with Crippen LogP contribution in [0, 0.1) is 25.2 Å². The molecule has 0 saturated heterocycles. The molecule has 1 fully saturated rings. The van der Waals surface area contributed by atoms with Gasteiger partial charge in [0.15, 0.2) is 0 Å². The van der Waals surface area contributed by atoms with Crippen molar-refractivity contribution in [2.24, 2.45) is 0 Å². The zero-order chi connectivity index (χ0) is 19.3. The lowest BCUT2D eigenvalue weighted by molar-refractivity contribution is 0.0339. The van der Waals surface area contributed by atoms with E-state index in [0.717, 1.165) is 41.3 Å². The number of pyridine rings is 1. The van der Waals surface area contributed by atoms with Crippen LogP contribution in [0.1, 0.15) is 48.1 Å². The van der Waals surface area contributed by atoms with Crippen LogP contribution in [0.3, 0.4) is 0 Å². The van der Waals surface area contributed by atoms with Crippen molar-refractivity contribution in [3.05, 3.63) is 58.8 Å². The molecule has 0 spiro atoms. The van der Waals surface area contributed by atoms with Gasteiger partial charge in [-0.2, -0.15) is 17.0 Å². The number of aryl methyl sites for hydroxylation is 2. The number of nitriles is 1. The Morgan fingerprint density at radius 1 is 1.26 bits per heavy atom. The Bertz CT molecular complexity index is 819. The predicted octanol–water partition coefficient (Wildman–Crippen LogP) is 5.27. The second-order valence-electron chi connectivity index (χ2n) is 7.30. The summed E-state index contributed by atoms with van der Waals surface area (Å²) in [6.07, 6.45) is 4.09. The number of hydrogen-bond acceptors (Lipinski definition) is 5. The zero-order valence-corrected chi connectivity index (χ0v) is 17.6. The fourth-order valence-corrected chi connectivity index (χ4v) is 6.43. The zero-order valence-electron chi connectivity index (χ0n) is 15.9. The lowest BCUT2D eigenvalue weighted by atomic mass is 9.86. The van der Waals surface area contributed by atoms with Gasteiger partial charge in [-0.15, -0.1) is 11.8 Å². The third-order valence-electron chi connectivity index (χ3n) is 5.10. The lowest BCUT2D eigenvalue weighted by Crippen LogP contribution is -2.45. The molecule has 3 nitrogen and oxygen atoms in total. The van der Waals surface area contributed by atoms with Crippen LogP contribution in [0.15, 0.2) is 41.4 Å². The van der Waals surface area contributed by atoms with Crippen LogP contribution in [0.25, 0.3) is 0 Å². The number of thioether (sulfide) groups is 2. The molecule has 1 saturated carbocycles. The topological polar surface area (TPSA) is 56.9 Å². The second-order valence-corrected chi connectivity index (χ2v) is 9.45. The van der Waals surface area contributed by atoms with E-state index in [0.29, 0.717) is 11.3 Å². The Labute approximate surface area is 170 Å². The van der Waals surface area contributed by atoms with E-state index in [1.54, 1.807) is 0 Å². The normalized spacial score (nSPS) is 22.4. The number of rotatable bonds is 6. The molecule has 1 aliphatic rings. The van der Waals surface area contributed by atoms with E-state index in [9.17, 15) is 10.4 Å². The summed E-state index contributed by atoms with van der Waals surface area (Å²) >= 11 is 3.39. The highest BCUT2D eigenvalue weighted by molar-refractivity contribution is 8.00. The Morgan fingerprint density at radius 2 is 2.04 bits per heavy atom. The maximum absolute atomic E-state index is 11.4. The first-order valence-corrected chi connectivity index (χ1v) is 11.4. The van der Waals surface area contributed by atoms with Gasteiger partial charge in [-0.3, -0.25) is 0 Å². The smallest absolute Gasteiger partial charge is 0.114 e. The molecule has 27 heavy (non-hydrogen) atoms. The van der Waals surface area contributed by atoms with E-state index in [-0.39, 0.29) is 5.25 Å². The lowest BCUT2D eigenvalue weighted by Gasteiger charge is -2.39. The molecule has 0 radical (unpaired) electrons. The molecule has 3 rings (SSSR count). The Morgan fingerprint density at radius 3 is 2.78 bits per heavy atom. The van der Waals surface area contributed by atoms with Crippen molar-refractivity contribution in [1.29, 1.82) is 5.26 Å². The summed E-state index contributed by atoms with van der Waals surface area (Å²) in [5.41, 5.74) is 3.09. The van der Waals surface area contributed by atoms with Gasteiger partial charge in [0, 0.05) is 22.4 Å². The highest BCUT2D eigenvalue weighted by atomic mass is 32.2. The van der Waals surface area contributed by atoms with Gasteiger partial charge in [0.25, 0.3) is 0 Å². The minimum Gasteiger partial charge on any atom is -0.388 e. The molecule has 1 aromatic carbocycles. The van der Waals surface area contributed by atoms with Crippen LogP contribution in [-0.2, 0) is 5.75 Å². The van der Waals surface area contributed by atoms with Gasteiger partial charge in [0.2, 0.25) is 0 Å². The molecule has 1 heterocycles. The predicted molar refractivity (Wildman–Crippen MR) is 114 cm³/mol. The molecule has 142 valence electrons. The van der Waals surface area contributed by atoms with Crippen LogP contribution in [0.4, 0.5) is 0 Å². The maximum atomic E-state index is 11.4. The number of nitrogens with zero attached hydrogens (tertiary/aromatic N) is 2. The second kappa shape index (κ2) is 9.14. The van der Waals surface area contributed by atoms with E-state index in [1.807, 2.05) is 37.7 Å². The molecule has 2 aromatic rings. The molecule has 0 bridgehead atoms. The quantitative estimate of drug-likeness (QED) is 0.672. The van der Waals surface area contributed by atoms with Crippen LogP contribution >= 0.6 is 23.5 Å². The highest BCUT2D eigenvalue weighted by Gasteiger charge is 2.39. The molecule has 0 unspecified atom stereocenters. The molecule has 0 amide bonds. The summed E-state index contributed by atoms with van der Waals surface area (Å²) in [5.74, 6) is 1.51. The first-order valence-electron chi connectivity index (χ1n) is 9.41. The summed E-state index contributed by atoms with van der Waals surface area (Å²) in [4.78, 5) is 4.56. The molecular weight excluding hydrogens is 372 g/mol. The van der Waals surface area contributed by atoms with Crippen molar-refractivity contribution in [3.63, 3.8) is 0 Å². The van der Waals surface area contributed by atoms with Gasteiger partial charge in [0.1, 0.15) is 11.1 Å². The average molecular weight is 399 g/mol. The average Bonchev–Trinajstić information content (AvgIpc) is 2.66. The molecular formula is C22H26N2OS2. The van der Waals surface area contributed by atoms with Crippen LogP contribution in [0.2, 0.25) is 0 Å². The third kappa shape index (κ3) is 5.07. The maximum Gasteiger partial charge on any atom is 0.114 e. The van der Waals surface area contributed by atoms with Crippen molar-refractivity contribution < 1.29 is 5.11 Å². The Balaban J connectivity index is 1.70. The fourth-order valence-electron chi connectivity index (χ4n) is 3.60. The van der Waals surface area contributed by atoms with Crippen LogP contribution < -0.4 is 0 Å². The number of aliphatic hydroxyl groups is 1. The Kier molecular flexibility index (Phi) is 6.86. The SMILES string of the molecule is Cc1cc(C)c(C#N)c(SC[C@]2(O)CCCC[C@@H]2SCc2ccccc2)n1. The number of hydrogen-bond donors (Lipinski definition) is 1. The molecule has 5 heteroatoms. The van der Waals surface area contributed by atoms with Crippen molar-refractivity contribution in [2.45, 2.75) is 61.2 Å². The highest BCUT2D eigenvalue weighted by Crippen LogP contribution is 2.41. The number of aromatic nitrogens is 1. The van der Waals surface area contributed by atoms with Gasteiger partial charge < -0.3 is 5.11 Å². The summed E-state index contributed by atoms with van der Waals surface area (Å²) in [7, 11) is 0. The summed E-state index contributed by atoms with van der Waals surface area (Å²) in [6.45, 7) is 3.90. The summed E-state index contributed by atoms with van der Waals surface area (Å²) in [6, 6.07) is 14.7. The van der Waals surface area contributed by atoms with E-state index in [2.05, 4.69) is 35.3 Å². The van der Waals surface area contributed by atoms with Crippen molar-refractivity contribution >= 4 is 23.5 Å². The van der Waals surface area contributed by atoms with Gasteiger partial charge in [-0.25, -0.2) is 4.98 Å². The van der Waals surface area contributed by atoms with E-state index < -0.39 is 5.60 Å². The third-order valence-corrected chi connectivity index (χ3v) is 7.89. The molecule has 1 aliphatic carbocycles. The minimum atomic E-state index is -0.714. The van der Waals surface area contributed by atoms with Gasteiger partial charge in [0.05, 0.1) is 11.2 Å². The minimum absolute atomic E-state index is 0.218. The van der Waals surface area contributed by atoms with Crippen molar-refractivity contribution in [3.8, 4) is 6.07 Å². The van der Waals surface area contributed by atoms with Gasteiger partial charge in [-0.05, 0) is 43.9 Å². The van der Waals surface area contributed by atoms with E-state index >= 15 is 0 Å². The molecule has 1 N–H and O–H groups in total. The molecule has 2 atom stereocenters. The van der Waals surface area contributed by atoms with Crippen molar-refractivity contribution in [2.75, 3.05) is 5.75 Å². The molecule has 1 aromatic heterocycles. The van der Waals surface area contributed by atoms with Gasteiger partial charge >= 0.3 is 0 Å². The molecule has 0 aliphatic heterocycles. The fraction of sp³-hybridized carbons (Fsp3) is 0.455. The van der Waals surface area contributed by atoms with Crippen molar-refractivity contribution in [1.82, 2.24) is 4.98 Å². The van der Waals surface area contributed by atoms with E-state index in [1.165, 1.54) is 23.7 Å². The first kappa shape index (κ1) is 20.3. The van der Waals surface area contributed by atoms with Crippen LogP contribution in [-0.4, -0.2) is 26.7 Å². The first-order chi connectivity index (χ1) is 13.0. The standard InChI is InChI=1S/C22H26N2OS2/c1-16-12-17(2)24-21(19(16)13-23)27-15-22(25)11-7-6-10-20(22)26-14-18-8-4-3-5-9-18/h3-5,8-9,12,20,25H,6-7,10-11,14-15H2,1-2H3/t20-,22+/m0/s1. The summed E-state index contributed by atoms with van der Waals surface area (Å²) in [5, 5.41) is 21.9. The number of benzene rings is 1. The summed E-state index contributed by atoms with van der Waals surface area (Å²) < 4.78 is 0. The largest absolute Gasteiger partial charge is 0.388 e. The van der Waals surface area contributed by atoms with E-state index in [4.69, 9.17) is 0 Å². The monoisotopic (exact) mass is 398 g/mol. The van der Waals surface area contributed by atoms with Gasteiger partial charge in [-0.1, -0.05) is 43.2 Å². The Hall–Kier alpha value is -1.48.